The summed E-state index contributed by atoms with van der Waals surface area (Å²) in [5, 5.41) is 4.84. The van der Waals surface area contributed by atoms with Crippen LogP contribution in [0.25, 0.3) is 10.8 Å². The second-order valence-corrected chi connectivity index (χ2v) is 11.3. The summed E-state index contributed by atoms with van der Waals surface area (Å²) in [7, 11) is -3.55. The summed E-state index contributed by atoms with van der Waals surface area (Å²) < 4.78 is 25.6. The Morgan fingerprint density at radius 1 is 1.09 bits per heavy atom. The number of nitrogen functional groups attached to an aromatic ring is 1. The molecule has 1 saturated heterocycles. The number of hydrogen-bond donors (Lipinski definition) is 1. The molecule has 10 heteroatoms. The summed E-state index contributed by atoms with van der Waals surface area (Å²) >= 11 is 7.43. The van der Waals surface area contributed by atoms with E-state index in [1.54, 1.807) is 41.3 Å². The fourth-order valence-corrected chi connectivity index (χ4v) is 5.86. The normalized spacial score (nSPS) is 15.3. The van der Waals surface area contributed by atoms with E-state index in [1.807, 2.05) is 5.38 Å². The molecule has 0 aliphatic carbocycles. The van der Waals surface area contributed by atoms with E-state index in [2.05, 4.69) is 9.88 Å². The van der Waals surface area contributed by atoms with Crippen molar-refractivity contribution in [3.8, 4) is 0 Å². The van der Waals surface area contributed by atoms with Crippen LogP contribution in [0.1, 0.15) is 12.1 Å². The Hall–Kier alpha value is -2.20. The van der Waals surface area contributed by atoms with Crippen LogP contribution < -0.4 is 5.73 Å². The molecule has 2 aromatic carbocycles. The Labute approximate surface area is 196 Å². The van der Waals surface area contributed by atoms with Crippen molar-refractivity contribution < 1.29 is 13.2 Å². The first-order chi connectivity index (χ1) is 15.3. The van der Waals surface area contributed by atoms with Crippen LogP contribution in [0.3, 0.4) is 0 Å². The number of carbonyl (C=O) groups excluding carboxylic acids is 1. The lowest BCUT2D eigenvalue weighted by Crippen LogP contribution is -2.49. The molecule has 1 aliphatic rings. The van der Waals surface area contributed by atoms with Gasteiger partial charge in [-0.1, -0.05) is 23.7 Å². The second kappa shape index (κ2) is 9.74. The van der Waals surface area contributed by atoms with Gasteiger partial charge in [-0.15, -0.1) is 11.3 Å². The van der Waals surface area contributed by atoms with Gasteiger partial charge < -0.3 is 10.6 Å². The SMILES string of the molecule is Nc1nc(CCN2CCN(C(=O)CCS(=O)(=O)c3ccc4cc(Cl)ccc4c3)CC2)cs1. The third kappa shape index (κ3) is 5.58. The molecule has 0 radical (unpaired) electrons. The van der Waals surface area contributed by atoms with Crippen LogP contribution in [-0.2, 0) is 21.1 Å². The number of halogens is 1. The van der Waals surface area contributed by atoms with Crippen LogP contribution >= 0.6 is 22.9 Å². The summed E-state index contributed by atoms with van der Waals surface area (Å²) in [6.45, 7) is 3.62. The number of nitrogens with two attached hydrogens (primary N) is 1. The van der Waals surface area contributed by atoms with E-state index in [0.29, 0.717) is 23.2 Å². The van der Waals surface area contributed by atoms with Crippen molar-refractivity contribution in [3.05, 3.63) is 52.5 Å². The lowest BCUT2D eigenvalue weighted by molar-refractivity contribution is -0.132. The highest BCUT2D eigenvalue weighted by Gasteiger charge is 2.23. The highest BCUT2D eigenvalue weighted by molar-refractivity contribution is 7.91. The first-order valence-corrected chi connectivity index (χ1v) is 13.3. The van der Waals surface area contributed by atoms with Gasteiger partial charge in [-0.05, 0) is 35.0 Å². The smallest absolute Gasteiger partial charge is 0.223 e. The number of aromatic nitrogens is 1. The number of hydrogen-bond acceptors (Lipinski definition) is 7. The molecular weight excluding hydrogens is 468 g/mol. The number of rotatable bonds is 7. The fourth-order valence-electron chi connectivity index (χ4n) is 3.82. The lowest BCUT2D eigenvalue weighted by atomic mass is 10.1. The van der Waals surface area contributed by atoms with Gasteiger partial charge in [0.15, 0.2) is 15.0 Å². The second-order valence-electron chi connectivity index (χ2n) is 7.87. The Kier molecular flexibility index (Phi) is 6.99. The number of piperazine rings is 1. The molecular formula is C22H25ClN4O3S2. The minimum Gasteiger partial charge on any atom is -0.375 e. The summed E-state index contributed by atoms with van der Waals surface area (Å²) in [4.78, 5) is 21.2. The van der Waals surface area contributed by atoms with Gasteiger partial charge in [0.2, 0.25) is 5.91 Å². The molecule has 1 fully saturated rings. The van der Waals surface area contributed by atoms with E-state index in [9.17, 15) is 13.2 Å². The predicted octanol–water partition coefficient (Wildman–Crippen LogP) is 3.08. The van der Waals surface area contributed by atoms with Crippen molar-refractivity contribution in [3.63, 3.8) is 0 Å². The third-order valence-corrected chi connectivity index (χ3v) is 8.37. The fraction of sp³-hybridized carbons (Fsp3) is 0.364. The van der Waals surface area contributed by atoms with Crippen LogP contribution in [0.2, 0.25) is 5.02 Å². The monoisotopic (exact) mass is 492 g/mol. The molecule has 0 saturated carbocycles. The van der Waals surface area contributed by atoms with E-state index >= 15 is 0 Å². The van der Waals surface area contributed by atoms with Gasteiger partial charge in [-0.25, -0.2) is 13.4 Å². The molecule has 3 aromatic rings. The number of carbonyl (C=O) groups is 1. The van der Waals surface area contributed by atoms with E-state index in [0.717, 1.165) is 42.5 Å². The molecule has 32 heavy (non-hydrogen) atoms. The van der Waals surface area contributed by atoms with Crippen molar-refractivity contribution in [2.75, 3.05) is 44.2 Å². The first-order valence-electron chi connectivity index (χ1n) is 10.4. The zero-order chi connectivity index (χ0) is 22.7. The van der Waals surface area contributed by atoms with Crippen LogP contribution in [0.5, 0.6) is 0 Å². The van der Waals surface area contributed by atoms with Crippen LogP contribution in [0, 0.1) is 0 Å². The van der Waals surface area contributed by atoms with Gasteiger partial charge in [0.05, 0.1) is 16.3 Å². The Bertz CT molecular complexity index is 1220. The molecule has 7 nitrogen and oxygen atoms in total. The molecule has 4 rings (SSSR count). The van der Waals surface area contributed by atoms with Crippen molar-refractivity contribution in [1.29, 1.82) is 0 Å². The highest BCUT2D eigenvalue weighted by atomic mass is 35.5. The summed E-state index contributed by atoms with van der Waals surface area (Å²) in [6, 6.07) is 10.3. The summed E-state index contributed by atoms with van der Waals surface area (Å²) in [5.41, 5.74) is 6.66. The van der Waals surface area contributed by atoms with Crippen molar-refractivity contribution in [1.82, 2.24) is 14.8 Å². The summed E-state index contributed by atoms with van der Waals surface area (Å²) in [6.07, 6.45) is 0.816. The number of amides is 1. The number of sulfone groups is 1. The Morgan fingerprint density at radius 3 is 2.53 bits per heavy atom. The number of nitrogens with zero attached hydrogens (tertiary/aromatic N) is 3. The maximum absolute atomic E-state index is 12.8. The lowest BCUT2D eigenvalue weighted by Gasteiger charge is -2.34. The van der Waals surface area contributed by atoms with Crippen molar-refractivity contribution in [2.45, 2.75) is 17.7 Å². The average Bonchev–Trinajstić information content (AvgIpc) is 3.21. The zero-order valence-electron chi connectivity index (χ0n) is 17.5. The molecule has 0 unspecified atom stereocenters. The maximum atomic E-state index is 12.8. The minimum atomic E-state index is -3.55. The standard InChI is InChI=1S/C22H25ClN4O3S2/c23-18-3-1-17-14-20(4-2-16(17)13-18)32(29,30)12-6-21(28)27-10-8-26(9-11-27)7-5-19-15-31-22(24)25-19/h1-4,13-15H,5-12H2,(H2,24,25). The van der Waals surface area contributed by atoms with E-state index in [1.165, 1.54) is 11.3 Å². The number of benzene rings is 2. The van der Waals surface area contributed by atoms with Gasteiger partial charge in [0.25, 0.3) is 0 Å². The van der Waals surface area contributed by atoms with Crippen LogP contribution in [0.4, 0.5) is 5.13 Å². The molecule has 2 N–H and O–H groups in total. The Morgan fingerprint density at radius 2 is 1.81 bits per heavy atom. The molecule has 1 aliphatic heterocycles. The van der Waals surface area contributed by atoms with E-state index < -0.39 is 9.84 Å². The van der Waals surface area contributed by atoms with Gasteiger partial charge in [-0.3, -0.25) is 9.69 Å². The van der Waals surface area contributed by atoms with Crippen molar-refractivity contribution >= 4 is 54.6 Å². The molecule has 2 heterocycles. The maximum Gasteiger partial charge on any atom is 0.223 e. The van der Waals surface area contributed by atoms with Crippen molar-refractivity contribution in [2.24, 2.45) is 0 Å². The molecule has 0 spiro atoms. The minimum absolute atomic E-state index is 0.0148. The largest absolute Gasteiger partial charge is 0.375 e. The molecule has 1 aromatic heterocycles. The van der Waals surface area contributed by atoms with E-state index in [-0.39, 0.29) is 23.0 Å². The van der Waals surface area contributed by atoms with Gasteiger partial charge in [0, 0.05) is 56.0 Å². The quantitative estimate of drug-likeness (QED) is 0.544. The number of thiazole rings is 1. The molecule has 0 bridgehead atoms. The highest BCUT2D eigenvalue weighted by Crippen LogP contribution is 2.23. The zero-order valence-corrected chi connectivity index (χ0v) is 19.9. The number of fused-ring (bicyclic) bond motifs is 1. The van der Waals surface area contributed by atoms with E-state index in [4.69, 9.17) is 17.3 Å². The predicted molar refractivity (Wildman–Crippen MR) is 129 cm³/mol. The van der Waals surface area contributed by atoms with Crippen LogP contribution in [0.15, 0.2) is 46.7 Å². The van der Waals surface area contributed by atoms with Gasteiger partial charge in [0.1, 0.15) is 0 Å². The van der Waals surface area contributed by atoms with Gasteiger partial charge >= 0.3 is 0 Å². The number of anilines is 1. The Balaban J connectivity index is 1.27. The van der Waals surface area contributed by atoms with Gasteiger partial charge in [-0.2, -0.15) is 0 Å². The molecule has 170 valence electrons. The molecule has 1 amide bonds. The first kappa shape index (κ1) is 23.0. The average molecular weight is 493 g/mol. The molecule has 0 atom stereocenters. The van der Waals surface area contributed by atoms with Crippen LogP contribution in [-0.4, -0.2) is 67.6 Å². The summed E-state index contributed by atoms with van der Waals surface area (Å²) in [5.74, 6) is -0.316. The topological polar surface area (TPSA) is 96.6 Å². The third-order valence-electron chi connectivity index (χ3n) is 5.70.